The molecule has 0 amide bonds. The fourth-order valence-corrected chi connectivity index (χ4v) is 2.29. The Hall–Kier alpha value is -1.26. The van der Waals surface area contributed by atoms with Gasteiger partial charge < -0.3 is 5.32 Å². The number of thiazole rings is 1. The molecule has 0 bridgehead atoms. The van der Waals surface area contributed by atoms with Crippen molar-refractivity contribution in [3.8, 4) is 10.6 Å². The second kappa shape index (κ2) is 5.72. The van der Waals surface area contributed by atoms with E-state index in [9.17, 15) is 0 Å². The van der Waals surface area contributed by atoms with Crippen LogP contribution in [-0.2, 0) is 6.54 Å². The Morgan fingerprint density at radius 1 is 1.31 bits per heavy atom. The van der Waals surface area contributed by atoms with Crippen molar-refractivity contribution >= 4 is 11.3 Å². The molecule has 4 heteroatoms. The number of rotatable bonds is 5. The number of pyridine rings is 1. The van der Waals surface area contributed by atoms with Gasteiger partial charge in [-0.3, -0.25) is 4.98 Å². The molecule has 2 heterocycles. The van der Waals surface area contributed by atoms with Crippen molar-refractivity contribution < 1.29 is 0 Å². The van der Waals surface area contributed by atoms with Crippen LogP contribution in [-0.4, -0.2) is 16.5 Å². The molecule has 0 aliphatic heterocycles. The summed E-state index contributed by atoms with van der Waals surface area (Å²) in [6.07, 6.45) is 6.70. The third kappa shape index (κ3) is 2.87. The molecule has 2 rings (SSSR count). The highest BCUT2D eigenvalue weighted by Crippen LogP contribution is 2.24. The maximum atomic E-state index is 4.42. The lowest BCUT2D eigenvalue weighted by molar-refractivity contribution is 0.681. The SMILES string of the molecule is CCCNCc1cnc(-c2ccncc2)s1. The normalized spacial score (nSPS) is 10.6. The Labute approximate surface area is 99.6 Å². The van der Waals surface area contributed by atoms with E-state index >= 15 is 0 Å². The Morgan fingerprint density at radius 3 is 2.88 bits per heavy atom. The van der Waals surface area contributed by atoms with Gasteiger partial charge in [0.05, 0.1) is 0 Å². The fraction of sp³-hybridized carbons (Fsp3) is 0.333. The lowest BCUT2D eigenvalue weighted by atomic mass is 10.3. The molecular weight excluding hydrogens is 218 g/mol. The van der Waals surface area contributed by atoms with Gasteiger partial charge >= 0.3 is 0 Å². The molecule has 0 radical (unpaired) electrons. The molecule has 84 valence electrons. The third-order valence-electron chi connectivity index (χ3n) is 2.21. The van der Waals surface area contributed by atoms with E-state index in [4.69, 9.17) is 0 Å². The van der Waals surface area contributed by atoms with E-state index in [0.717, 1.165) is 30.1 Å². The van der Waals surface area contributed by atoms with Gasteiger partial charge in [0.1, 0.15) is 5.01 Å². The van der Waals surface area contributed by atoms with Crippen LogP contribution in [0.5, 0.6) is 0 Å². The van der Waals surface area contributed by atoms with Crippen LogP contribution in [0.3, 0.4) is 0 Å². The maximum Gasteiger partial charge on any atom is 0.123 e. The van der Waals surface area contributed by atoms with Gasteiger partial charge in [-0.25, -0.2) is 4.98 Å². The Kier molecular flexibility index (Phi) is 4.02. The quantitative estimate of drug-likeness (QED) is 0.807. The molecule has 0 unspecified atom stereocenters. The molecule has 2 aromatic heterocycles. The van der Waals surface area contributed by atoms with Crippen LogP contribution in [0, 0.1) is 0 Å². The fourth-order valence-electron chi connectivity index (χ4n) is 1.41. The number of hydrogen-bond acceptors (Lipinski definition) is 4. The molecule has 0 fully saturated rings. The highest BCUT2D eigenvalue weighted by atomic mass is 32.1. The highest BCUT2D eigenvalue weighted by Gasteiger charge is 2.03. The van der Waals surface area contributed by atoms with Crippen LogP contribution < -0.4 is 5.32 Å². The summed E-state index contributed by atoms with van der Waals surface area (Å²) in [5, 5.41) is 4.44. The van der Waals surface area contributed by atoms with Crippen molar-refractivity contribution in [1.82, 2.24) is 15.3 Å². The van der Waals surface area contributed by atoms with Crippen molar-refractivity contribution in [2.45, 2.75) is 19.9 Å². The summed E-state index contributed by atoms with van der Waals surface area (Å²) in [5.41, 5.74) is 1.14. The second-order valence-corrected chi connectivity index (χ2v) is 4.66. The van der Waals surface area contributed by atoms with Crippen molar-refractivity contribution in [3.05, 3.63) is 35.6 Å². The predicted octanol–water partition coefficient (Wildman–Crippen LogP) is 2.70. The van der Waals surface area contributed by atoms with Gasteiger partial charge in [-0.05, 0) is 25.1 Å². The first-order chi connectivity index (χ1) is 7.90. The minimum atomic E-state index is 0.913. The topological polar surface area (TPSA) is 37.8 Å². The molecule has 1 N–H and O–H groups in total. The Bertz CT molecular complexity index is 425. The van der Waals surface area contributed by atoms with E-state index in [1.807, 2.05) is 18.3 Å². The lowest BCUT2D eigenvalue weighted by Crippen LogP contribution is -2.12. The van der Waals surface area contributed by atoms with Crippen molar-refractivity contribution in [2.75, 3.05) is 6.54 Å². The van der Waals surface area contributed by atoms with Gasteiger partial charge in [0, 0.05) is 35.6 Å². The van der Waals surface area contributed by atoms with Crippen LogP contribution in [0.4, 0.5) is 0 Å². The van der Waals surface area contributed by atoms with Crippen LogP contribution in [0.1, 0.15) is 18.2 Å². The number of hydrogen-bond donors (Lipinski definition) is 1. The van der Waals surface area contributed by atoms with Gasteiger partial charge in [-0.15, -0.1) is 11.3 Å². The maximum absolute atomic E-state index is 4.42. The first-order valence-electron chi connectivity index (χ1n) is 5.46. The lowest BCUT2D eigenvalue weighted by Gasteiger charge is -1.98. The molecule has 0 aliphatic carbocycles. The molecule has 0 aliphatic rings. The highest BCUT2D eigenvalue weighted by molar-refractivity contribution is 7.15. The van der Waals surface area contributed by atoms with Gasteiger partial charge in [-0.1, -0.05) is 6.92 Å². The smallest absolute Gasteiger partial charge is 0.123 e. The number of nitrogens with zero attached hydrogens (tertiary/aromatic N) is 2. The monoisotopic (exact) mass is 233 g/mol. The zero-order valence-electron chi connectivity index (χ0n) is 9.31. The molecule has 3 nitrogen and oxygen atoms in total. The molecule has 0 aromatic carbocycles. The summed E-state index contributed by atoms with van der Waals surface area (Å²) >= 11 is 1.74. The summed E-state index contributed by atoms with van der Waals surface area (Å²) in [7, 11) is 0. The summed E-state index contributed by atoms with van der Waals surface area (Å²) in [6, 6.07) is 3.98. The van der Waals surface area contributed by atoms with Gasteiger partial charge in [0.15, 0.2) is 0 Å². The summed E-state index contributed by atoms with van der Waals surface area (Å²) < 4.78 is 0. The Morgan fingerprint density at radius 2 is 2.12 bits per heavy atom. The van der Waals surface area contributed by atoms with Crippen LogP contribution in [0.2, 0.25) is 0 Å². The molecule has 2 aromatic rings. The predicted molar refractivity (Wildman–Crippen MR) is 67.3 cm³/mol. The minimum absolute atomic E-state index is 0.913. The molecule has 0 atom stereocenters. The molecule has 0 saturated heterocycles. The summed E-state index contributed by atoms with van der Waals surface area (Å²) in [4.78, 5) is 9.70. The van der Waals surface area contributed by atoms with E-state index in [0.29, 0.717) is 0 Å². The van der Waals surface area contributed by atoms with Crippen molar-refractivity contribution in [2.24, 2.45) is 0 Å². The van der Waals surface area contributed by atoms with Gasteiger partial charge in [0.25, 0.3) is 0 Å². The van der Waals surface area contributed by atoms with Gasteiger partial charge in [-0.2, -0.15) is 0 Å². The molecule has 16 heavy (non-hydrogen) atoms. The van der Waals surface area contributed by atoms with E-state index in [1.54, 1.807) is 23.7 Å². The Balaban J connectivity index is 2.02. The molecular formula is C12H15N3S. The van der Waals surface area contributed by atoms with Crippen LogP contribution in [0.25, 0.3) is 10.6 Å². The molecule has 0 spiro atoms. The first kappa shape index (κ1) is 11.2. The van der Waals surface area contributed by atoms with Crippen molar-refractivity contribution in [3.63, 3.8) is 0 Å². The minimum Gasteiger partial charge on any atom is -0.312 e. The number of aromatic nitrogens is 2. The molecule has 0 saturated carbocycles. The van der Waals surface area contributed by atoms with E-state index in [-0.39, 0.29) is 0 Å². The zero-order valence-corrected chi connectivity index (χ0v) is 10.1. The van der Waals surface area contributed by atoms with Crippen LogP contribution in [0.15, 0.2) is 30.7 Å². The average Bonchev–Trinajstić information content (AvgIpc) is 2.79. The first-order valence-corrected chi connectivity index (χ1v) is 6.27. The van der Waals surface area contributed by atoms with E-state index in [1.165, 1.54) is 4.88 Å². The summed E-state index contributed by atoms with van der Waals surface area (Å²) in [5.74, 6) is 0. The van der Waals surface area contributed by atoms with Crippen molar-refractivity contribution in [1.29, 1.82) is 0 Å². The largest absolute Gasteiger partial charge is 0.312 e. The van der Waals surface area contributed by atoms with E-state index < -0.39 is 0 Å². The van der Waals surface area contributed by atoms with Gasteiger partial charge in [0.2, 0.25) is 0 Å². The zero-order chi connectivity index (χ0) is 11.2. The van der Waals surface area contributed by atoms with Crippen LogP contribution >= 0.6 is 11.3 Å². The van der Waals surface area contributed by atoms with E-state index in [2.05, 4.69) is 22.2 Å². The third-order valence-corrected chi connectivity index (χ3v) is 3.25. The number of nitrogens with one attached hydrogen (secondary N) is 1. The summed E-state index contributed by atoms with van der Waals surface area (Å²) in [6.45, 7) is 4.14. The standard InChI is InChI=1S/C12H15N3S/c1-2-5-14-8-11-9-15-12(16-11)10-3-6-13-7-4-10/h3-4,6-7,9,14H,2,5,8H2,1H3. The second-order valence-electron chi connectivity index (χ2n) is 3.54. The average molecular weight is 233 g/mol.